The van der Waals surface area contributed by atoms with Crippen molar-refractivity contribution in [2.45, 2.75) is 25.9 Å². The number of hydrogen-bond acceptors (Lipinski definition) is 9. The minimum atomic E-state index is -1.07. The Morgan fingerprint density at radius 3 is 2.42 bits per heavy atom. The number of hydrazone groups is 1. The zero-order valence-corrected chi connectivity index (χ0v) is 19.2. The Balaban J connectivity index is 1.54. The van der Waals surface area contributed by atoms with Gasteiger partial charge in [0.25, 0.3) is 5.69 Å². The average molecular weight is 488 g/mol. The number of nitro benzene ring substituents is 1. The summed E-state index contributed by atoms with van der Waals surface area (Å²) < 4.78 is 5.01. The largest absolute Gasteiger partial charge is 0.427 e. The third-order valence-electron chi connectivity index (χ3n) is 6.60. The van der Waals surface area contributed by atoms with E-state index in [0.29, 0.717) is 5.56 Å². The molecule has 182 valence electrons. The van der Waals surface area contributed by atoms with E-state index in [0.717, 1.165) is 4.90 Å². The van der Waals surface area contributed by atoms with Crippen molar-refractivity contribution in [2.24, 2.45) is 16.9 Å². The molecule has 11 heteroatoms. The van der Waals surface area contributed by atoms with Crippen LogP contribution in [0.5, 0.6) is 5.75 Å². The molecule has 0 unspecified atom stereocenters. The van der Waals surface area contributed by atoms with Crippen LogP contribution in [0.4, 0.5) is 11.4 Å². The van der Waals surface area contributed by atoms with Crippen LogP contribution in [0.25, 0.3) is 0 Å². The van der Waals surface area contributed by atoms with Gasteiger partial charge in [-0.3, -0.25) is 34.3 Å². The summed E-state index contributed by atoms with van der Waals surface area (Å²) >= 11 is 0. The van der Waals surface area contributed by atoms with Gasteiger partial charge in [-0.25, -0.2) is 4.90 Å². The molecule has 2 aromatic carbocycles. The van der Waals surface area contributed by atoms with Crippen LogP contribution in [0.1, 0.15) is 22.8 Å². The number of rotatable bonds is 5. The monoisotopic (exact) mass is 488 g/mol. The number of nitrogens with zero attached hydrogens (tertiary/aromatic N) is 4. The zero-order chi connectivity index (χ0) is 25.7. The molecule has 0 N–H and O–H groups in total. The van der Waals surface area contributed by atoms with E-state index >= 15 is 0 Å². The Labute approximate surface area is 204 Å². The Morgan fingerprint density at radius 1 is 1.06 bits per heavy atom. The number of allylic oxidation sites excluding steroid dienone is 1. The maximum absolute atomic E-state index is 13.7. The molecule has 0 saturated carbocycles. The van der Waals surface area contributed by atoms with Crippen molar-refractivity contribution in [2.75, 3.05) is 4.90 Å². The quantitative estimate of drug-likeness (QED) is 0.156. The van der Waals surface area contributed by atoms with Crippen LogP contribution in [0.15, 0.2) is 59.7 Å². The van der Waals surface area contributed by atoms with Crippen LogP contribution in [-0.4, -0.2) is 51.8 Å². The summed E-state index contributed by atoms with van der Waals surface area (Å²) in [6, 6.07) is 8.19. The van der Waals surface area contributed by atoms with Crippen molar-refractivity contribution in [3.63, 3.8) is 0 Å². The average Bonchev–Trinajstić information content (AvgIpc) is 3.31. The molecule has 4 atom stereocenters. The van der Waals surface area contributed by atoms with Gasteiger partial charge in [0.2, 0.25) is 11.8 Å². The molecule has 5 rings (SSSR count). The van der Waals surface area contributed by atoms with Crippen molar-refractivity contribution in [1.82, 2.24) is 5.01 Å². The zero-order valence-electron chi connectivity index (χ0n) is 19.2. The van der Waals surface area contributed by atoms with E-state index in [1.165, 1.54) is 60.6 Å². The van der Waals surface area contributed by atoms with Gasteiger partial charge in [0.15, 0.2) is 5.78 Å². The molecule has 0 bridgehead atoms. The lowest BCUT2D eigenvalue weighted by atomic mass is 9.86. The fourth-order valence-electron chi connectivity index (χ4n) is 5.05. The summed E-state index contributed by atoms with van der Waals surface area (Å²) in [6.45, 7) is 2.91. The number of amides is 2. The Morgan fingerprint density at radius 2 is 1.75 bits per heavy atom. The van der Waals surface area contributed by atoms with Crippen LogP contribution in [0, 0.1) is 28.9 Å². The molecular formula is C25H20N4O7. The van der Waals surface area contributed by atoms with Gasteiger partial charge in [-0.1, -0.05) is 12.1 Å². The van der Waals surface area contributed by atoms with Crippen molar-refractivity contribution < 1.29 is 28.8 Å². The standard InChI is InChI=1S/C25H20N4O7/c1-13-5-8-16(29(34)35)12-19(13)27-24(32)20-18-4-3-11-26-28(18)22(21(20)25(27)33)23(31)15-6-9-17(10-7-15)36-14(2)30/h3-12,18,20-22H,1-2H3/t18-,20-,21+,22-/m0/s1. The number of non-ortho nitro benzene ring substituents is 1. The predicted molar refractivity (Wildman–Crippen MR) is 126 cm³/mol. The first-order valence-electron chi connectivity index (χ1n) is 11.1. The highest BCUT2D eigenvalue weighted by atomic mass is 16.6. The molecule has 2 fully saturated rings. The second kappa shape index (κ2) is 8.52. The highest BCUT2D eigenvalue weighted by Crippen LogP contribution is 2.47. The number of esters is 1. The number of aryl methyl sites for hydroxylation is 1. The number of benzene rings is 2. The minimum Gasteiger partial charge on any atom is -0.427 e. The van der Waals surface area contributed by atoms with E-state index in [2.05, 4.69) is 5.10 Å². The number of anilines is 1. The molecule has 36 heavy (non-hydrogen) atoms. The number of nitro groups is 1. The maximum Gasteiger partial charge on any atom is 0.308 e. The van der Waals surface area contributed by atoms with Crippen molar-refractivity contribution >= 4 is 41.2 Å². The van der Waals surface area contributed by atoms with Gasteiger partial charge >= 0.3 is 5.97 Å². The Kier molecular flexibility index (Phi) is 5.47. The maximum atomic E-state index is 13.7. The van der Waals surface area contributed by atoms with E-state index in [4.69, 9.17) is 4.74 Å². The molecule has 2 amide bonds. The molecule has 0 aliphatic carbocycles. The second-order valence-corrected chi connectivity index (χ2v) is 8.74. The van der Waals surface area contributed by atoms with Gasteiger partial charge in [-0.05, 0) is 42.8 Å². The lowest BCUT2D eigenvalue weighted by molar-refractivity contribution is -0.384. The molecule has 3 heterocycles. The van der Waals surface area contributed by atoms with Gasteiger partial charge < -0.3 is 4.74 Å². The van der Waals surface area contributed by atoms with Gasteiger partial charge in [-0.15, -0.1) is 0 Å². The van der Waals surface area contributed by atoms with Gasteiger partial charge in [0.1, 0.15) is 11.8 Å². The van der Waals surface area contributed by atoms with E-state index in [1.807, 2.05) is 0 Å². The summed E-state index contributed by atoms with van der Waals surface area (Å²) in [5.41, 5.74) is 0.642. The normalized spacial score (nSPS) is 24.1. The Hall–Kier alpha value is -4.67. The number of fused-ring (bicyclic) bond motifs is 3. The first kappa shape index (κ1) is 23.1. The van der Waals surface area contributed by atoms with Gasteiger partial charge in [0, 0.05) is 30.8 Å². The van der Waals surface area contributed by atoms with Crippen LogP contribution >= 0.6 is 0 Å². The van der Waals surface area contributed by atoms with Crippen LogP contribution in [0.2, 0.25) is 0 Å². The molecule has 3 aliphatic heterocycles. The summed E-state index contributed by atoms with van der Waals surface area (Å²) in [7, 11) is 0. The summed E-state index contributed by atoms with van der Waals surface area (Å²) in [4.78, 5) is 63.9. The van der Waals surface area contributed by atoms with Crippen LogP contribution in [-0.2, 0) is 14.4 Å². The number of ether oxygens (including phenoxy) is 1. The summed E-state index contributed by atoms with van der Waals surface area (Å²) in [5.74, 6) is -3.74. The van der Waals surface area contributed by atoms with Crippen molar-refractivity contribution in [3.8, 4) is 5.75 Å². The second-order valence-electron chi connectivity index (χ2n) is 8.74. The number of carbonyl (C=O) groups is 4. The van der Waals surface area contributed by atoms with E-state index < -0.39 is 52.4 Å². The van der Waals surface area contributed by atoms with E-state index in [1.54, 1.807) is 19.1 Å². The summed E-state index contributed by atoms with van der Waals surface area (Å²) in [6.07, 6.45) is 4.85. The lowest BCUT2D eigenvalue weighted by Gasteiger charge is -2.30. The van der Waals surface area contributed by atoms with Crippen LogP contribution in [0.3, 0.4) is 0 Å². The van der Waals surface area contributed by atoms with Crippen molar-refractivity contribution in [1.29, 1.82) is 0 Å². The molecular weight excluding hydrogens is 468 g/mol. The molecule has 11 nitrogen and oxygen atoms in total. The molecule has 0 spiro atoms. The number of Topliss-reactive ketones (excluding diaryl/α,β-unsaturated/α-hetero) is 1. The highest BCUT2D eigenvalue weighted by molar-refractivity contribution is 6.25. The molecule has 0 radical (unpaired) electrons. The number of ketones is 1. The molecule has 3 aliphatic rings. The molecule has 0 aromatic heterocycles. The van der Waals surface area contributed by atoms with E-state index in [-0.39, 0.29) is 22.7 Å². The summed E-state index contributed by atoms with van der Waals surface area (Å²) in [5, 5.41) is 17.1. The number of carbonyl (C=O) groups excluding carboxylic acids is 4. The predicted octanol–water partition coefficient (Wildman–Crippen LogP) is 2.43. The molecule has 2 saturated heterocycles. The number of hydrogen-bond donors (Lipinski definition) is 0. The smallest absolute Gasteiger partial charge is 0.308 e. The van der Waals surface area contributed by atoms with Gasteiger partial charge in [-0.2, -0.15) is 5.10 Å². The SMILES string of the molecule is CC(=O)Oc1ccc(C(=O)[C@@H]2[C@@H]3C(=O)N(c4cc([N+](=O)[O-])ccc4C)C(=O)[C@H]3[C@@H]3C=CC=NN23)cc1. The number of imide groups is 1. The highest BCUT2D eigenvalue weighted by Gasteiger charge is 2.64. The van der Waals surface area contributed by atoms with E-state index in [9.17, 15) is 29.3 Å². The minimum absolute atomic E-state index is 0.125. The first-order valence-corrected chi connectivity index (χ1v) is 11.1. The van der Waals surface area contributed by atoms with Crippen LogP contribution < -0.4 is 9.64 Å². The Bertz CT molecular complexity index is 1380. The van der Waals surface area contributed by atoms with Crippen molar-refractivity contribution in [3.05, 3.63) is 75.9 Å². The topological polar surface area (TPSA) is 139 Å². The lowest BCUT2D eigenvalue weighted by Crippen LogP contribution is -2.46. The third kappa shape index (κ3) is 3.56. The fourth-order valence-corrected chi connectivity index (χ4v) is 5.05. The third-order valence-corrected chi connectivity index (χ3v) is 6.60. The first-order chi connectivity index (χ1) is 17.2. The fraction of sp³-hybridized carbons (Fsp3) is 0.240. The van der Waals surface area contributed by atoms with Gasteiger partial charge in [0.05, 0.1) is 28.5 Å². The molecule has 2 aromatic rings.